The van der Waals surface area contributed by atoms with Gasteiger partial charge in [-0.3, -0.25) is 14.5 Å². The molecule has 2 heterocycles. The number of ketones is 1. The monoisotopic (exact) mass is 524 g/mol. The van der Waals surface area contributed by atoms with Gasteiger partial charge < -0.3 is 14.3 Å². The summed E-state index contributed by atoms with van der Waals surface area (Å²) >= 11 is 0. The number of hydrogen-bond donors (Lipinski definition) is 2. The van der Waals surface area contributed by atoms with Crippen LogP contribution in [0.3, 0.4) is 0 Å². The largest absolute Gasteiger partial charge is 0.507 e. The first-order valence-electron chi connectivity index (χ1n) is 11.7. The number of carbonyl (C=O) groups excluding carboxylic acids is 2. The second-order valence-corrected chi connectivity index (χ2v) is 10.6. The summed E-state index contributed by atoms with van der Waals surface area (Å²) in [6.07, 6.45) is 0. The number of aryl methyl sites for hydroxylation is 1. The van der Waals surface area contributed by atoms with Crippen LogP contribution in [0.15, 0.2) is 69.5 Å². The van der Waals surface area contributed by atoms with Crippen LogP contribution in [0.4, 0.5) is 5.69 Å². The van der Waals surface area contributed by atoms with E-state index in [1.165, 1.54) is 29.2 Å². The normalized spacial score (nSPS) is 17.6. The molecule has 9 nitrogen and oxygen atoms in total. The minimum Gasteiger partial charge on any atom is -0.507 e. The third-order valence-electron chi connectivity index (χ3n) is 6.12. The molecule has 37 heavy (non-hydrogen) atoms. The van der Waals surface area contributed by atoms with Crippen molar-refractivity contribution in [2.24, 2.45) is 5.14 Å². The smallest absolute Gasteiger partial charge is 0.300 e. The predicted octanol–water partition coefficient (Wildman–Crippen LogP) is 4.38. The number of sulfonamides is 1. The number of carbonyl (C=O) groups is 2. The fourth-order valence-electron chi connectivity index (χ4n) is 4.35. The summed E-state index contributed by atoms with van der Waals surface area (Å²) < 4.78 is 34.9. The number of hydrogen-bond acceptors (Lipinski definition) is 7. The zero-order valence-corrected chi connectivity index (χ0v) is 21.7. The molecule has 1 unspecified atom stereocenters. The highest BCUT2D eigenvalue weighted by Crippen LogP contribution is 2.43. The number of aliphatic hydroxyl groups is 1. The average Bonchev–Trinajstić information content (AvgIpc) is 3.39. The van der Waals surface area contributed by atoms with E-state index in [2.05, 4.69) is 0 Å². The zero-order chi connectivity index (χ0) is 27.1. The Hall–Kier alpha value is -3.89. The topological polar surface area (TPSA) is 140 Å². The summed E-state index contributed by atoms with van der Waals surface area (Å²) in [5.41, 5.74) is 1.28. The van der Waals surface area contributed by atoms with Crippen molar-refractivity contribution >= 4 is 33.2 Å². The molecular formula is C27H28N2O7S. The minimum atomic E-state index is -3.96. The van der Waals surface area contributed by atoms with Gasteiger partial charge in [-0.05, 0) is 79.9 Å². The number of rotatable bonds is 7. The lowest BCUT2D eigenvalue weighted by Gasteiger charge is -2.23. The van der Waals surface area contributed by atoms with Crippen LogP contribution in [-0.4, -0.2) is 31.8 Å². The molecule has 2 aromatic carbocycles. The first kappa shape index (κ1) is 26.2. The van der Waals surface area contributed by atoms with E-state index in [4.69, 9.17) is 14.3 Å². The molecule has 0 aliphatic carbocycles. The second-order valence-electron chi connectivity index (χ2n) is 9.00. The van der Waals surface area contributed by atoms with Gasteiger partial charge in [0.25, 0.3) is 11.7 Å². The van der Waals surface area contributed by atoms with E-state index in [0.717, 1.165) is 5.56 Å². The Morgan fingerprint density at radius 2 is 1.78 bits per heavy atom. The van der Waals surface area contributed by atoms with Crippen molar-refractivity contribution in [1.82, 2.24) is 0 Å². The molecule has 1 atom stereocenters. The molecule has 1 aliphatic heterocycles. The number of amides is 1. The van der Waals surface area contributed by atoms with Crippen LogP contribution in [0.1, 0.15) is 55.4 Å². The van der Waals surface area contributed by atoms with Gasteiger partial charge in [0.1, 0.15) is 29.1 Å². The van der Waals surface area contributed by atoms with Gasteiger partial charge in [-0.1, -0.05) is 13.8 Å². The maximum Gasteiger partial charge on any atom is 0.300 e. The van der Waals surface area contributed by atoms with E-state index < -0.39 is 27.8 Å². The molecular weight excluding hydrogens is 496 g/mol. The lowest BCUT2D eigenvalue weighted by Crippen LogP contribution is -2.29. The van der Waals surface area contributed by atoms with Crippen LogP contribution in [0.25, 0.3) is 5.76 Å². The van der Waals surface area contributed by atoms with Crippen molar-refractivity contribution in [1.29, 1.82) is 0 Å². The Morgan fingerprint density at radius 3 is 2.32 bits per heavy atom. The Bertz CT molecular complexity index is 1500. The molecule has 1 aromatic heterocycles. The lowest BCUT2D eigenvalue weighted by molar-refractivity contribution is -0.132. The number of nitrogens with two attached hydrogens (primary N) is 1. The van der Waals surface area contributed by atoms with E-state index in [1.54, 1.807) is 37.3 Å². The summed E-state index contributed by atoms with van der Waals surface area (Å²) in [6.45, 7) is 8.03. The first-order chi connectivity index (χ1) is 17.4. The number of aliphatic hydroxyl groups excluding tert-OH is 1. The molecule has 0 radical (unpaired) electrons. The van der Waals surface area contributed by atoms with E-state index in [-0.39, 0.29) is 33.6 Å². The quantitative estimate of drug-likeness (QED) is 0.265. The van der Waals surface area contributed by atoms with E-state index in [0.29, 0.717) is 23.7 Å². The molecule has 194 valence electrons. The second kappa shape index (κ2) is 9.87. The highest BCUT2D eigenvalue weighted by atomic mass is 32.2. The van der Waals surface area contributed by atoms with Crippen molar-refractivity contribution < 1.29 is 32.3 Å². The molecule has 1 aliphatic rings. The Balaban J connectivity index is 1.90. The Morgan fingerprint density at radius 1 is 1.11 bits per heavy atom. The molecule has 1 saturated heterocycles. The summed E-state index contributed by atoms with van der Waals surface area (Å²) in [7, 11) is -3.96. The van der Waals surface area contributed by atoms with Crippen molar-refractivity contribution in [2.45, 2.75) is 44.6 Å². The number of benzene rings is 2. The molecule has 3 aromatic rings. The molecule has 0 spiro atoms. The van der Waals surface area contributed by atoms with E-state index in [9.17, 15) is 23.1 Å². The fourth-order valence-corrected chi connectivity index (χ4v) is 4.87. The van der Waals surface area contributed by atoms with Gasteiger partial charge in [0, 0.05) is 11.3 Å². The van der Waals surface area contributed by atoms with Crippen LogP contribution in [0.5, 0.6) is 5.75 Å². The molecule has 3 N–H and O–H groups in total. The summed E-state index contributed by atoms with van der Waals surface area (Å²) in [4.78, 5) is 27.6. The van der Waals surface area contributed by atoms with Gasteiger partial charge >= 0.3 is 0 Å². The fraction of sp³-hybridized carbons (Fsp3) is 0.259. The third kappa shape index (κ3) is 4.90. The molecule has 1 amide bonds. The number of furan rings is 1. The van der Waals surface area contributed by atoms with Gasteiger partial charge in [-0.25, -0.2) is 13.6 Å². The number of nitrogens with zero attached hydrogens (tertiary/aromatic N) is 1. The standard InChI is InChI=1S/C27H28N2O7S/c1-5-35-21-13-7-17(14-20(21)15(2)3)25(30)23-24(22-12-6-16(4)36-22)29(27(32)26(23)31)18-8-10-19(11-9-18)37(28,33)34/h6-15,24,30H,5H2,1-4H3,(H2,28,33,34)/b25-23-. The van der Waals surface area contributed by atoms with Crippen LogP contribution in [0.2, 0.25) is 0 Å². The van der Waals surface area contributed by atoms with Crippen molar-refractivity contribution in [3.63, 3.8) is 0 Å². The lowest BCUT2D eigenvalue weighted by atomic mass is 9.95. The molecule has 0 saturated carbocycles. The number of anilines is 1. The van der Waals surface area contributed by atoms with Gasteiger partial charge in [-0.2, -0.15) is 0 Å². The Labute approximate surface area is 215 Å². The predicted molar refractivity (Wildman–Crippen MR) is 138 cm³/mol. The first-order valence-corrected chi connectivity index (χ1v) is 13.3. The number of ether oxygens (including phenoxy) is 1. The highest BCUT2D eigenvalue weighted by molar-refractivity contribution is 7.89. The van der Waals surface area contributed by atoms with Crippen molar-refractivity contribution in [3.05, 3.63) is 82.8 Å². The summed E-state index contributed by atoms with van der Waals surface area (Å²) in [5.74, 6) is -0.589. The van der Waals surface area contributed by atoms with E-state index in [1.807, 2.05) is 20.8 Å². The molecule has 10 heteroatoms. The van der Waals surface area contributed by atoms with Gasteiger partial charge in [0.2, 0.25) is 10.0 Å². The summed E-state index contributed by atoms with van der Waals surface area (Å²) in [5, 5.41) is 16.6. The number of Topliss-reactive ketones (excluding diaryl/α,β-unsaturated/α-hetero) is 1. The van der Waals surface area contributed by atoms with Crippen LogP contribution in [0, 0.1) is 6.92 Å². The molecule has 0 bridgehead atoms. The third-order valence-corrected chi connectivity index (χ3v) is 7.05. The maximum absolute atomic E-state index is 13.3. The van der Waals surface area contributed by atoms with Crippen LogP contribution in [-0.2, 0) is 19.6 Å². The van der Waals surface area contributed by atoms with Crippen LogP contribution < -0.4 is 14.8 Å². The van der Waals surface area contributed by atoms with Gasteiger partial charge in [0.05, 0.1) is 17.1 Å². The maximum atomic E-state index is 13.3. The average molecular weight is 525 g/mol. The minimum absolute atomic E-state index is 0.0672. The number of primary sulfonamides is 1. The summed E-state index contributed by atoms with van der Waals surface area (Å²) in [6, 6.07) is 12.6. The van der Waals surface area contributed by atoms with Gasteiger partial charge in [-0.15, -0.1) is 0 Å². The van der Waals surface area contributed by atoms with Gasteiger partial charge in [0.15, 0.2) is 0 Å². The van der Waals surface area contributed by atoms with Crippen LogP contribution >= 0.6 is 0 Å². The zero-order valence-electron chi connectivity index (χ0n) is 20.9. The SMILES string of the molecule is CCOc1ccc(/C(O)=C2/C(=O)C(=O)N(c3ccc(S(N)(=O)=O)cc3)C2c2ccc(C)o2)cc1C(C)C. The van der Waals surface area contributed by atoms with Crippen molar-refractivity contribution in [3.8, 4) is 5.75 Å². The van der Waals surface area contributed by atoms with E-state index >= 15 is 0 Å². The molecule has 4 rings (SSSR count). The molecule has 1 fully saturated rings. The van der Waals surface area contributed by atoms with Crippen molar-refractivity contribution in [2.75, 3.05) is 11.5 Å². The Kier molecular flexibility index (Phi) is 6.98. The highest BCUT2D eigenvalue weighted by Gasteiger charge is 2.48.